The molecule has 0 unspecified atom stereocenters. The van der Waals surface area contributed by atoms with Crippen molar-refractivity contribution in [3.63, 3.8) is 0 Å². The number of hydrogen-bond donors (Lipinski definition) is 3. The second-order valence-electron chi connectivity index (χ2n) is 5.17. The van der Waals surface area contributed by atoms with Crippen molar-refractivity contribution in [2.24, 2.45) is 5.73 Å². The minimum Gasteiger partial charge on any atom is -0.376 e. The van der Waals surface area contributed by atoms with Gasteiger partial charge in [-0.1, -0.05) is 18.2 Å². The quantitative estimate of drug-likeness (QED) is 0.792. The van der Waals surface area contributed by atoms with Gasteiger partial charge in [-0.2, -0.15) is 0 Å². The van der Waals surface area contributed by atoms with Gasteiger partial charge in [-0.25, -0.2) is 0 Å². The SMILES string of the molecule is Cc1ccc(C)c(NC(=O)CNc2cccc(C(N)=O)c2)c1. The molecular weight excluding hydrogens is 278 g/mol. The van der Waals surface area contributed by atoms with Gasteiger partial charge in [-0.15, -0.1) is 0 Å². The molecule has 22 heavy (non-hydrogen) atoms. The maximum Gasteiger partial charge on any atom is 0.248 e. The Labute approximate surface area is 129 Å². The second-order valence-corrected chi connectivity index (χ2v) is 5.17. The number of nitrogens with one attached hydrogen (secondary N) is 2. The average Bonchev–Trinajstić information content (AvgIpc) is 2.49. The van der Waals surface area contributed by atoms with Gasteiger partial charge in [-0.3, -0.25) is 9.59 Å². The van der Waals surface area contributed by atoms with E-state index in [0.29, 0.717) is 11.3 Å². The standard InChI is InChI=1S/C17H19N3O2/c1-11-6-7-12(2)15(8-11)20-16(21)10-19-14-5-3-4-13(9-14)17(18)22/h3-9,19H,10H2,1-2H3,(H2,18,22)(H,20,21). The molecule has 2 aromatic carbocycles. The average molecular weight is 297 g/mol. The zero-order chi connectivity index (χ0) is 16.1. The molecule has 0 aliphatic heterocycles. The molecule has 0 atom stereocenters. The van der Waals surface area contributed by atoms with Gasteiger partial charge >= 0.3 is 0 Å². The first kappa shape index (κ1) is 15.6. The third-order valence-electron chi connectivity index (χ3n) is 3.27. The van der Waals surface area contributed by atoms with Crippen LogP contribution in [-0.4, -0.2) is 18.4 Å². The maximum atomic E-state index is 12.0. The Bertz CT molecular complexity index is 711. The summed E-state index contributed by atoms with van der Waals surface area (Å²) < 4.78 is 0. The molecule has 2 aromatic rings. The van der Waals surface area contributed by atoms with Gasteiger partial charge in [0.2, 0.25) is 11.8 Å². The summed E-state index contributed by atoms with van der Waals surface area (Å²) in [5.74, 6) is -0.651. The number of aryl methyl sites for hydroxylation is 2. The summed E-state index contributed by atoms with van der Waals surface area (Å²) in [6, 6.07) is 12.6. The normalized spacial score (nSPS) is 10.1. The zero-order valence-corrected chi connectivity index (χ0v) is 12.6. The van der Waals surface area contributed by atoms with Crippen LogP contribution in [-0.2, 0) is 4.79 Å². The number of carbonyl (C=O) groups is 2. The number of primary amides is 1. The number of benzene rings is 2. The third kappa shape index (κ3) is 4.09. The Morgan fingerprint density at radius 2 is 1.86 bits per heavy atom. The van der Waals surface area contributed by atoms with E-state index >= 15 is 0 Å². The van der Waals surface area contributed by atoms with E-state index in [2.05, 4.69) is 10.6 Å². The highest BCUT2D eigenvalue weighted by molar-refractivity contribution is 5.95. The summed E-state index contributed by atoms with van der Waals surface area (Å²) in [6.07, 6.45) is 0. The molecule has 0 radical (unpaired) electrons. The highest BCUT2D eigenvalue weighted by atomic mass is 16.2. The lowest BCUT2D eigenvalue weighted by Gasteiger charge is -2.11. The van der Waals surface area contributed by atoms with Gasteiger partial charge < -0.3 is 16.4 Å². The minimum atomic E-state index is -0.497. The smallest absolute Gasteiger partial charge is 0.248 e. The summed E-state index contributed by atoms with van der Waals surface area (Å²) in [5.41, 5.74) is 9.20. The first-order chi connectivity index (χ1) is 10.5. The molecule has 5 heteroatoms. The van der Waals surface area contributed by atoms with Crippen molar-refractivity contribution >= 4 is 23.2 Å². The molecule has 0 saturated heterocycles. The van der Waals surface area contributed by atoms with E-state index in [1.165, 1.54) is 0 Å². The van der Waals surface area contributed by atoms with E-state index < -0.39 is 5.91 Å². The van der Waals surface area contributed by atoms with Gasteiger partial charge in [0.15, 0.2) is 0 Å². The zero-order valence-electron chi connectivity index (χ0n) is 12.6. The molecule has 0 aliphatic rings. The maximum absolute atomic E-state index is 12.0. The number of amides is 2. The summed E-state index contributed by atoms with van der Waals surface area (Å²) in [6.45, 7) is 4.02. The van der Waals surface area contributed by atoms with Crippen LogP contribution in [0.2, 0.25) is 0 Å². The lowest BCUT2D eigenvalue weighted by atomic mass is 10.1. The minimum absolute atomic E-state index is 0.107. The number of anilines is 2. The summed E-state index contributed by atoms with van der Waals surface area (Å²) in [7, 11) is 0. The monoisotopic (exact) mass is 297 g/mol. The molecule has 4 N–H and O–H groups in total. The highest BCUT2D eigenvalue weighted by Crippen LogP contribution is 2.16. The van der Waals surface area contributed by atoms with Crippen molar-refractivity contribution in [1.82, 2.24) is 0 Å². The van der Waals surface area contributed by atoms with Crippen LogP contribution in [0.1, 0.15) is 21.5 Å². The Morgan fingerprint density at radius 1 is 1.09 bits per heavy atom. The topological polar surface area (TPSA) is 84.2 Å². The molecule has 114 valence electrons. The largest absolute Gasteiger partial charge is 0.376 e. The molecule has 0 fully saturated rings. The Hall–Kier alpha value is -2.82. The van der Waals surface area contributed by atoms with Gasteiger partial charge in [0, 0.05) is 16.9 Å². The first-order valence-corrected chi connectivity index (χ1v) is 6.96. The van der Waals surface area contributed by atoms with Crippen molar-refractivity contribution in [2.75, 3.05) is 17.2 Å². The van der Waals surface area contributed by atoms with E-state index in [1.807, 2.05) is 32.0 Å². The van der Waals surface area contributed by atoms with Gasteiger partial charge in [-0.05, 0) is 49.2 Å². The summed E-state index contributed by atoms with van der Waals surface area (Å²) in [4.78, 5) is 23.1. The Kier molecular flexibility index (Phi) is 4.78. The van der Waals surface area contributed by atoms with Crippen molar-refractivity contribution in [2.45, 2.75) is 13.8 Å². The van der Waals surface area contributed by atoms with Crippen LogP contribution >= 0.6 is 0 Å². The molecule has 0 saturated carbocycles. The molecule has 2 rings (SSSR count). The fourth-order valence-electron chi connectivity index (χ4n) is 2.03. The van der Waals surface area contributed by atoms with E-state index in [-0.39, 0.29) is 12.5 Å². The number of rotatable bonds is 5. The van der Waals surface area contributed by atoms with Crippen molar-refractivity contribution in [1.29, 1.82) is 0 Å². The molecule has 0 aromatic heterocycles. The van der Waals surface area contributed by atoms with Gasteiger partial charge in [0.1, 0.15) is 0 Å². The van der Waals surface area contributed by atoms with Crippen LogP contribution in [0.5, 0.6) is 0 Å². The Balaban J connectivity index is 1.97. The van der Waals surface area contributed by atoms with Crippen LogP contribution in [0.4, 0.5) is 11.4 Å². The predicted octanol–water partition coefficient (Wildman–Crippen LogP) is 2.45. The van der Waals surface area contributed by atoms with E-state index in [1.54, 1.807) is 24.3 Å². The summed E-state index contributed by atoms with van der Waals surface area (Å²) >= 11 is 0. The molecule has 2 amide bonds. The third-order valence-corrected chi connectivity index (χ3v) is 3.27. The Morgan fingerprint density at radius 3 is 2.59 bits per heavy atom. The predicted molar refractivity (Wildman–Crippen MR) is 88.0 cm³/mol. The van der Waals surface area contributed by atoms with Gasteiger partial charge in [0.05, 0.1) is 6.54 Å². The van der Waals surface area contributed by atoms with Crippen molar-refractivity contribution in [3.05, 3.63) is 59.2 Å². The van der Waals surface area contributed by atoms with Gasteiger partial charge in [0.25, 0.3) is 0 Å². The van der Waals surface area contributed by atoms with Crippen LogP contribution in [0.3, 0.4) is 0 Å². The number of hydrogen-bond acceptors (Lipinski definition) is 3. The first-order valence-electron chi connectivity index (χ1n) is 6.96. The molecule has 0 heterocycles. The lowest BCUT2D eigenvalue weighted by Crippen LogP contribution is -2.22. The second kappa shape index (κ2) is 6.76. The molecule has 0 aliphatic carbocycles. The van der Waals surface area contributed by atoms with Crippen molar-refractivity contribution < 1.29 is 9.59 Å². The fourth-order valence-corrected chi connectivity index (χ4v) is 2.03. The lowest BCUT2D eigenvalue weighted by molar-refractivity contribution is -0.114. The number of carbonyl (C=O) groups excluding carboxylic acids is 2. The van der Waals surface area contributed by atoms with Crippen LogP contribution < -0.4 is 16.4 Å². The highest BCUT2D eigenvalue weighted by Gasteiger charge is 2.06. The molecular formula is C17H19N3O2. The molecule has 0 spiro atoms. The fraction of sp³-hybridized carbons (Fsp3) is 0.176. The van der Waals surface area contributed by atoms with E-state index in [9.17, 15) is 9.59 Å². The molecule has 5 nitrogen and oxygen atoms in total. The van der Waals surface area contributed by atoms with Crippen LogP contribution in [0.25, 0.3) is 0 Å². The van der Waals surface area contributed by atoms with E-state index in [4.69, 9.17) is 5.73 Å². The number of nitrogens with two attached hydrogens (primary N) is 1. The van der Waals surface area contributed by atoms with Crippen LogP contribution in [0, 0.1) is 13.8 Å². The molecule has 0 bridgehead atoms. The summed E-state index contributed by atoms with van der Waals surface area (Å²) in [5, 5.41) is 5.84. The van der Waals surface area contributed by atoms with Crippen molar-refractivity contribution in [3.8, 4) is 0 Å². The van der Waals surface area contributed by atoms with Crippen LogP contribution in [0.15, 0.2) is 42.5 Å². The van der Waals surface area contributed by atoms with E-state index in [0.717, 1.165) is 16.8 Å².